The summed E-state index contributed by atoms with van der Waals surface area (Å²) in [5.41, 5.74) is 0. The molecular weight excluding hydrogens is 1360 g/mol. The van der Waals surface area contributed by atoms with Crippen LogP contribution in [0.1, 0.15) is 459 Å². The molecule has 0 radical (unpaired) electrons. The van der Waals surface area contributed by atoms with Crippen LogP contribution >= 0.6 is 0 Å². The van der Waals surface area contributed by atoms with E-state index in [1.54, 1.807) is 180 Å². The molecule has 0 aromatic carbocycles. The fraction of sp³-hybridized carbons (Fsp3) is 1.00. The van der Waals surface area contributed by atoms with Gasteiger partial charge >= 0.3 is 0 Å². The highest BCUT2D eigenvalue weighted by Crippen LogP contribution is 2.59. The summed E-state index contributed by atoms with van der Waals surface area (Å²) in [5, 5.41) is 0. The molecule has 18 fully saturated rings. The summed E-state index contributed by atoms with van der Waals surface area (Å²) in [6.07, 6.45) is 98.5. The minimum atomic E-state index is 0.875. The molecule has 0 heterocycles. The summed E-state index contributed by atoms with van der Waals surface area (Å²) >= 11 is 0. The highest BCUT2D eigenvalue weighted by Gasteiger charge is 2.54. The van der Waals surface area contributed by atoms with Crippen LogP contribution in [0.25, 0.3) is 0 Å². The quantitative estimate of drug-likeness (QED) is 0.114. The van der Waals surface area contributed by atoms with Gasteiger partial charge in [-0.05, 0) is 522 Å². The highest BCUT2D eigenvalue weighted by molar-refractivity contribution is 5.08. The normalized spacial score (nSPS) is 49.8. The molecule has 0 aliphatic heterocycles. The van der Waals surface area contributed by atoms with Crippen molar-refractivity contribution in [1.82, 2.24) is 24.5 Å². The van der Waals surface area contributed by atoms with Crippen molar-refractivity contribution in [3.63, 3.8) is 0 Å². The van der Waals surface area contributed by atoms with Gasteiger partial charge in [-0.2, -0.15) is 0 Å². The lowest BCUT2D eigenvalue weighted by Crippen LogP contribution is -2.63. The van der Waals surface area contributed by atoms with Gasteiger partial charge in [0.25, 0.3) is 0 Å². The van der Waals surface area contributed by atoms with Crippen LogP contribution in [-0.4, -0.2) is 115 Å². The molecule has 4 unspecified atom stereocenters. The lowest BCUT2D eigenvalue weighted by Gasteiger charge is -2.59. The average Bonchev–Trinajstić information content (AvgIpc) is 0.748. The molecule has 18 aliphatic carbocycles. The van der Waals surface area contributed by atoms with Crippen molar-refractivity contribution in [2.24, 2.45) is 124 Å². The molecule has 638 valence electrons. The number of hydrogen-bond donors (Lipinski definition) is 0. The third-order valence-electron chi connectivity index (χ3n) is 41.8. The minimum Gasteiger partial charge on any atom is -0.294 e. The molecule has 5 nitrogen and oxygen atoms in total. The molecular formula is C107H185N5. The van der Waals surface area contributed by atoms with Gasteiger partial charge in [-0.15, -0.1) is 0 Å². The minimum absolute atomic E-state index is 0.875. The smallest absolute Gasteiger partial charge is 0.0133 e. The first-order valence-electron chi connectivity index (χ1n) is 53.7. The zero-order valence-electron chi connectivity index (χ0n) is 75.3. The van der Waals surface area contributed by atoms with Crippen LogP contribution in [0.2, 0.25) is 0 Å². The van der Waals surface area contributed by atoms with E-state index in [0.29, 0.717) is 0 Å². The van der Waals surface area contributed by atoms with E-state index in [4.69, 9.17) is 0 Å². The Morgan fingerprint density at radius 3 is 0.411 bits per heavy atom. The molecule has 0 spiro atoms. The van der Waals surface area contributed by atoms with E-state index < -0.39 is 0 Å². The lowest BCUT2D eigenvalue weighted by atomic mass is 9.58. The van der Waals surface area contributed by atoms with Crippen LogP contribution < -0.4 is 0 Å². The average molecular weight is 1540 g/mol. The zero-order valence-corrected chi connectivity index (χ0v) is 75.3. The third kappa shape index (κ3) is 19.0. The van der Waals surface area contributed by atoms with Gasteiger partial charge in [-0.25, -0.2) is 0 Å². The van der Waals surface area contributed by atoms with Gasteiger partial charge in [-0.3, -0.25) is 24.5 Å². The Hall–Kier alpha value is -0.200. The first kappa shape index (κ1) is 82.7. The van der Waals surface area contributed by atoms with Crippen molar-refractivity contribution < 1.29 is 0 Å². The van der Waals surface area contributed by atoms with Crippen LogP contribution in [0.5, 0.6) is 0 Å². The summed E-state index contributed by atoms with van der Waals surface area (Å²) in [6, 6.07) is 13.4. The Bertz CT molecular complexity index is 2560. The molecule has 18 rings (SSSR count). The Labute approximate surface area is 694 Å². The molecule has 0 amide bonds. The van der Waals surface area contributed by atoms with Gasteiger partial charge in [0.05, 0.1) is 0 Å². The van der Waals surface area contributed by atoms with E-state index in [9.17, 15) is 0 Å². The van der Waals surface area contributed by atoms with Crippen LogP contribution in [0.3, 0.4) is 0 Å². The zero-order chi connectivity index (χ0) is 75.9. The van der Waals surface area contributed by atoms with Gasteiger partial charge in [0, 0.05) is 90.6 Å². The fourth-order valence-electron chi connectivity index (χ4n) is 34.5. The van der Waals surface area contributed by atoms with Crippen molar-refractivity contribution in [2.45, 2.75) is 550 Å². The summed E-state index contributed by atoms with van der Waals surface area (Å²) in [6.45, 7) is 17.9. The second-order valence-corrected chi connectivity index (χ2v) is 48.3. The first-order chi connectivity index (χ1) is 54.8. The molecule has 0 bridgehead atoms. The van der Waals surface area contributed by atoms with Gasteiger partial charge < -0.3 is 0 Å². The standard InChI is InChI=1S/C107H185N5/c1-72-12-38-91(39-13-72)108(92-40-14-73(2)15-41-92)97-52-26-79(27-53-97)85-66-88(67-85)82-32-58-101(59-33-82)111(100-50-24-78(7)25-51-100)106-64-65-107(105-11-9-8-10-104(105)106)112(102-60-34-83(35-61-102)89-68-86(69-89)80-28-54-98(55-29-80)109(93-42-16-74(3)17-43-93)94-44-18-75(4)19-45-94)103-62-36-84(37-63-103)90-70-87(71-90)81-30-56-99(57-31-81)110(95-46-20-76(5)21-47-95)96-48-22-77(6)23-49-96/h72-107H,8-71H2,1-7H3. The van der Waals surface area contributed by atoms with E-state index in [-0.39, 0.29) is 0 Å². The van der Waals surface area contributed by atoms with Crippen LogP contribution in [0, 0.1) is 124 Å². The van der Waals surface area contributed by atoms with Crippen LogP contribution in [0.15, 0.2) is 0 Å². The first-order valence-corrected chi connectivity index (χ1v) is 53.7. The number of fused-ring (bicyclic) bond motifs is 1. The number of hydrogen-bond acceptors (Lipinski definition) is 5. The van der Waals surface area contributed by atoms with Crippen molar-refractivity contribution in [3.8, 4) is 0 Å². The molecule has 4 atom stereocenters. The maximum absolute atomic E-state index is 3.58. The lowest BCUT2D eigenvalue weighted by molar-refractivity contribution is -0.0951. The van der Waals surface area contributed by atoms with Crippen molar-refractivity contribution >= 4 is 0 Å². The predicted octanol–water partition coefficient (Wildman–Crippen LogP) is 28.3. The molecule has 0 aromatic heterocycles. The van der Waals surface area contributed by atoms with Gasteiger partial charge in [0.1, 0.15) is 0 Å². The Morgan fingerprint density at radius 1 is 0.125 bits per heavy atom. The molecule has 0 aromatic rings. The number of nitrogens with zero attached hydrogens (tertiary/aromatic N) is 5. The van der Waals surface area contributed by atoms with Gasteiger partial charge in [-0.1, -0.05) is 61.3 Å². The second-order valence-electron chi connectivity index (χ2n) is 48.3. The molecule has 18 saturated carbocycles. The maximum Gasteiger partial charge on any atom is 0.0133 e. The molecule has 5 heteroatoms. The third-order valence-corrected chi connectivity index (χ3v) is 41.8. The van der Waals surface area contributed by atoms with Crippen LogP contribution in [-0.2, 0) is 0 Å². The molecule has 18 aliphatic rings. The SMILES string of the molecule is CC1CCC(N(C2CCC(C)CC2)C2CCC(C3CC(C4CCC(N(C5CCC(C)CC5)C5CCC(N(C6CCC(C7CC(C8CCC(N(C9CCC(C)CC9)C9CCC(C)CC9)CC8)C7)CC6)C6CCC(C7CC(C8CCC(N(C9CCC(C)CC9)C9CCC(C)CC9)CC8)C7)CC6)C6CCCCC65)CC4)C3)CC2)CC1. The molecule has 112 heavy (non-hydrogen) atoms. The van der Waals surface area contributed by atoms with Crippen molar-refractivity contribution in [2.75, 3.05) is 0 Å². The summed E-state index contributed by atoms with van der Waals surface area (Å²) < 4.78 is 0. The highest BCUT2D eigenvalue weighted by atomic mass is 15.3. The largest absolute Gasteiger partial charge is 0.294 e. The Balaban J connectivity index is 0.507. The van der Waals surface area contributed by atoms with Gasteiger partial charge in [0.15, 0.2) is 0 Å². The monoisotopic (exact) mass is 1540 g/mol. The van der Waals surface area contributed by atoms with E-state index in [1.807, 2.05) is 0 Å². The number of rotatable bonds is 21. The Kier molecular flexibility index (Phi) is 28.3. The molecule has 0 saturated heterocycles. The van der Waals surface area contributed by atoms with E-state index in [0.717, 1.165) is 215 Å². The van der Waals surface area contributed by atoms with E-state index in [1.165, 1.54) is 231 Å². The maximum atomic E-state index is 3.58. The van der Waals surface area contributed by atoms with E-state index in [2.05, 4.69) is 73.0 Å². The topological polar surface area (TPSA) is 16.2 Å². The summed E-state index contributed by atoms with van der Waals surface area (Å²) in [5.74, 6) is 21.3. The predicted molar refractivity (Wildman–Crippen MR) is 475 cm³/mol. The van der Waals surface area contributed by atoms with Crippen molar-refractivity contribution in [1.29, 1.82) is 0 Å². The van der Waals surface area contributed by atoms with Crippen molar-refractivity contribution in [3.05, 3.63) is 0 Å². The fourth-order valence-corrected chi connectivity index (χ4v) is 34.5. The van der Waals surface area contributed by atoms with E-state index >= 15 is 0 Å². The van der Waals surface area contributed by atoms with Crippen LogP contribution in [0.4, 0.5) is 0 Å². The van der Waals surface area contributed by atoms with Gasteiger partial charge in [0.2, 0.25) is 0 Å². The summed E-state index contributed by atoms with van der Waals surface area (Å²) in [4.78, 5) is 16.9. The molecule has 0 N–H and O–H groups in total. The summed E-state index contributed by atoms with van der Waals surface area (Å²) in [7, 11) is 0. The second kappa shape index (κ2) is 38.3. The Morgan fingerprint density at radius 2 is 0.259 bits per heavy atom.